The molecule has 0 aliphatic heterocycles. The quantitative estimate of drug-likeness (QED) is 0.460. The Morgan fingerprint density at radius 3 is 2.21 bits per heavy atom. The molecule has 0 radical (unpaired) electrons. The largest absolute Gasteiger partial charge is 1.00 e. The van der Waals surface area contributed by atoms with Crippen molar-refractivity contribution < 1.29 is 54.0 Å². The van der Waals surface area contributed by atoms with E-state index in [1.807, 2.05) is 0 Å². The summed E-state index contributed by atoms with van der Waals surface area (Å²) < 4.78 is 25.7. The van der Waals surface area contributed by atoms with Crippen LogP contribution in [0.1, 0.15) is 1.43 Å². The molecule has 0 fully saturated rings. The average Bonchev–Trinajstić information content (AvgIpc) is 2.04. The van der Waals surface area contributed by atoms with E-state index in [4.69, 9.17) is 5.21 Å². The zero-order chi connectivity index (χ0) is 9.90. The maximum atomic E-state index is 11.0. The van der Waals surface area contributed by atoms with Gasteiger partial charge in [0, 0.05) is 0 Å². The minimum atomic E-state index is -4.20. The Morgan fingerprint density at radius 2 is 1.79 bits per heavy atom. The van der Waals surface area contributed by atoms with Gasteiger partial charge >= 0.3 is 44.8 Å². The standard InChI is InChI=1S/C6H6NO5S.Na.H/c8-7(9)12-13(10,11)6-4-2-1-3-5-6;;/h1-5H,(H,8,9);;/q2*+1;-1. The van der Waals surface area contributed by atoms with Gasteiger partial charge in [0.25, 0.3) is 0 Å². The van der Waals surface area contributed by atoms with Crippen molar-refractivity contribution in [2.45, 2.75) is 4.90 Å². The molecule has 0 amide bonds. The van der Waals surface area contributed by atoms with Crippen LogP contribution in [0.4, 0.5) is 0 Å². The van der Waals surface area contributed by atoms with Gasteiger partial charge in [-0.05, 0) is 16.4 Å². The van der Waals surface area contributed by atoms with Crippen LogP contribution in [0.2, 0.25) is 0 Å². The van der Waals surface area contributed by atoms with Gasteiger partial charge in [0.1, 0.15) is 9.80 Å². The van der Waals surface area contributed by atoms with E-state index in [1.165, 1.54) is 24.3 Å². The van der Waals surface area contributed by atoms with Crippen LogP contribution in [-0.2, 0) is 14.4 Å². The minimum absolute atomic E-state index is 0. The second kappa shape index (κ2) is 5.30. The molecule has 1 rings (SSSR count). The first kappa shape index (κ1) is 13.4. The Kier molecular flexibility index (Phi) is 5.06. The molecule has 0 bridgehead atoms. The molecular formula is C6H7NNaO5S+. The van der Waals surface area contributed by atoms with E-state index in [1.54, 1.807) is 6.07 Å². The van der Waals surface area contributed by atoms with Crippen LogP contribution in [0.5, 0.6) is 0 Å². The van der Waals surface area contributed by atoms with Crippen LogP contribution >= 0.6 is 0 Å². The van der Waals surface area contributed by atoms with Gasteiger partial charge in [-0.2, -0.15) is 13.6 Å². The third-order valence-electron chi connectivity index (χ3n) is 1.19. The Bertz CT molecular complexity index is 409. The summed E-state index contributed by atoms with van der Waals surface area (Å²) in [5.74, 6) is 0. The normalized spacial score (nSPS) is 10.0. The molecule has 0 saturated heterocycles. The summed E-state index contributed by atoms with van der Waals surface area (Å²) in [4.78, 5) is 9.70. The molecule has 72 valence electrons. The third-order valence-corrected chi connectivity index (χ3v) is 2.37. The van der Waals surface area contributed by atoms with E-state index in [9.17, 15) is 13.3 Å². The van der Waals surface area contributed by atoms with Gasteiger partial charge in [0.05, 0.1) is 0 Å². The minimum Gasteiger partial charge on any atom is -1.00 e. The van der Waals surface area contributed by atoms with Crippen LogP contribution in [0.25, 0.3) is 0 Å². The van der Waals surface area contributed by atoms with Crippen LogP contribution in [0, 0.1) is 4.91 Å². The van der Waals surface area contributed by atoms with Gasteiger partial charge in [-0.1, -0.05) is 18.2 Å². The van der Waals surface area contributed by atoms with Crippen molar-refractivity contribution >= 4 is 10.1 Å². The summed E-state index contributed by atoms with van der Waals surface area (Å²) in [6.45, 7) is 0. The molecule has 1 aromatic carbocycles. The Morgan fingerprint density at radius 1 is 1.29 bits per heavy atom. The summed E-state index contributed by atoms with van der Waals surface area (Å²) in [7, 11) is -4.20. The third kappa shape index (κ3) is 3.62. The van der Waals surface area contributed by atoms with Crippen molar-refractivity contribution in [3.05, 3.63) is 35.2 Å². The van der Waals surface area contributed by atoms with Crippen molar-refractivity contribution in [1.29, 1.82) is 0 Å². The molecule has 0 atom stereocenters. The van der Waals surface area contributed by atoms with Crippen molar-refractivity contribution in [3.8, 4) is 0 Å². The number of hydrogen-bond donors (Lipinski definition) is 1. The molecule has 0 aliphatic carbocycles. The van der Waals surface area contributed by atoms with E-state index >= 15 is 0 Å². The maximum Gasteiger partial charge on any atom is 1.00 e. The van der Waals surface area contributed by atoms with E-state index in [2.05, 4.69) is 4.28 Å². The molecule has 1 aromatic rings. The first-order chi connectivity index (χ1) is 6.02. The Balaban J connectivity index is 0. The summed E-state index contributed by atoms with van der Waals surface area (Å²) in [6, 6.07) is 7.00. The molecule has 1 N–H and O–H groups in total. The van der Waals surface area contributed by atoms with Crippen LogP contribution in [0.3, 0.4) is 0 Å². The van der Waals surface area contributed by atoms with E-state index in [-0.39, 0.29) is 35.9 Å². The average molecular weight is 228 g/mol. The summed E-state index contributed by atoms with van der Waals surface area (Å²) >= 11 is 0. The van der Waals surface area contributed by atoms with Crippen LogP contribution < -0.4 is 29.6 Å². The number of benzene rings is 1. The molecule has 6 nitrogen and oxygen atoms in total. The van der Waals surface area contributed by atoms with Crippen molar-refractivity contribution in [1.82, 2.24) is 0 Å². The predicted octanol–water partition coefficient (Wildman–Crippen LogP) is -2.41. The van der Waals surface area contributed by atoms with E-state index < -0.39 is 15.2 Å². The van der Waals surface area contributed by atoms with Crippen LogP contribution in [-0.4, -0.2) is 18.7 Å². The topological polar surface area (TPSA) is 83.7 Å². The number of rotatable bonds is 3. The van der Waals surface area contributed by atoms with Crippen molar-refractivity contribution in [2.24, 2.45) is 0 Å². The molecule has 0 heterocycles. The maximum absolute atomic E-state index is 11.0. The van der Waals surface area contributed by atoms with Crippen molar-refractivity contribution in [2.75, 3.05) is 0 Å². The number of hydrogen-bond acceptors (Lipinski definition) is 4. The van der Waals surface area contributed by atoms with Gasteiger partial charge < -0.3 is 1.43 Å². The fourth-order valence-electron chi connectivity index (χ4n) is 0.714. The van der Waals surface area contributed by atoms with Gasteiger partial charge in [0.15, 0.2) is 0 Å². The second-order valence-electron chi connectivity index (χ2n) is 2.08. The van der Waals surface area contributed by atoms with Gasteiger partial charge in [0.2, 0.25) is 0 Å². The molecule has 0 spiro atoms. The molecule has 8 heteroatoms. The van der Waals surface area contributed by atoms with Gasteiger partial charge in [-0.25, -0.2) is 0 Å². The Labute approximate surface area is 104 Å². The zero-order valence-electron chi connectivity index (χ0n) is 8.32. The monoisotopic (exact) mass is 228 g/mol. The first-order valence-electron chi connectivity index (χ1n) is 3.18. The summed E-state index contributed by atoms with van der Waals surface area (Å²) in [5, 5.41) is 6.92. The van der Waals surface area contributed by atoms with Crippen LogP contribution in [0.15, 0.2) is 35.2 Å². The van der Waals surface area contributed by atoms with Gasteiger partial charge in [-0.15, -0.1) is 0 Å². The molecule has 0 saturated carbocycles. The molecule has 0 unspecified atom stereocenters. The summed E-state index contributed by atoms with van der Waals surface area (Å²) in [6.07, 6.45) is 0. The fraction of sp³-hybridized carbons (Fsp3) is 0. The molecule has 14 heavy (non-hydrogen) atoms. The predicted molar refractivity (Wildman–Crippen MR) is 41.2 cm³/mol. The molecular weight excluding hydrogens is 221 g/mol. The number of nitrogens with zero attached hydrogens (tertiary/aromatic N) is 1. The Hall–Kier alpha value is -0.630. The molecule has 0 aromatic heterocycles. The van der Waals surface area contributed by atoms with E-state index in [0.717, 1.165) is 0 Å². The fourth-order valence-corrected chi connectivity index (χ4v) is 1.46. The van der Waals surface area contributed by atoms with Crippen molar-refractivity contribution in [3.63, 3.8) is 0 Å². The summed E-state index contributed by atoms with van der Waals surface area (Å²) in [5.41, 5.74) is 0. The first-order valence-corrected chi connectivity index (χ1v) is 4.59. The second-order valence-corrected chi connectivity index (χ2v) is 3.61. The SMILES string of the molecule is O=[N+](O)OS(=O)(=O)c1ccccc1.[H-].[Na+]. The smallest absolute Gasteiger partial charge is 1.00 e. The van der Waals surface area contributed by atoms with E-state index in [0.29, 0.717) is 0 Å². The zero-order valence-corrected chi connectivity index (χ0v) is 10.1. The molecule has 0 aliphatic rings. The van der Waals surface area contributed by atoms with Gasteiger partial charge in [-0.3, -0.25) is 0 Å².